The summed E-state index contributed by atoms with van der Waals surface area (Å²) >= 11 is 0. The van der Waals surface area contributed by atoms with Gasteiger partial charge in [-0.15, -0.1) is 0 Å². The SMILES string of the molecule is CCCCCOC1CC(C(C)(C)C)CCC1O. The van der Waals surface area contributed by atoms with E-state index in [1.54, 1.807) is 0 Å². The minimum atomic E-state index is -0.241. The average Bonchev–Trinajstić information content (AvgIpc) is 2.25. The van der Waals surface area contributed by atoms with Crippen molar-refractivity contribution in [1.29, 1.82) is 0 Å². The molecule has 2 nitrogen and oxygen atoms in total. The fourth-order valence-corrected chi connectivity index (χ4v) is 2.67. The first-order chi connectivity index (χ1) is 7.95. The Morgan fingerprint density at radius 1 is 1.18 bits per heavy atom. The third kappa shape index (κ3) is 4.97. The second kappa shape index (κ2) is 6.75. The lowest BCUT2D eigenvalue weighted by molar-refractivity contribution is -0.0844. The van der Waals surface area contributed by atoms with E-state index < -0.39 is 0 Å². The third-order valence-corrected chi connectivity index (χ3v) is 4.06. The predicted octanol–water partition coefficient (Wildman–Crippen LogP) is 3.77. The fourth-order valence-electron chi connectivity index (χ4n) is 2.67. The van der Waals surface area contributed by atoms with Gasteiger partial charge in [0.05, 0.1) is 12.2 Å². The quantitative estimate of drug-likeness (QED) is 0.744. The Balaban J connectivity index is 2.36. The van der Waals surface area contributed by atoms with Crippen LogP contribution in [0.25, 0.3) is 0 Å². The Kier molecular flexibility index (Phi) is 5.94. The molecule has 2 heteroatoms. The van der Waals surface area contributed by atoms with E-state index in [1.165, 1.54) is 12.8 Å². The summed E-state index contributed by atoms with van der Waals surface area (Å²) in [6, 6.07) is 0. The molecule has 1 saturated carbocycles. The molecule has 0 aromatic heterocycles. The van der Waals surface area contributed by atoms with Crippen molar-refractivity contribution in [2.45, 2.75) is 78.4 Å². The summed E-state index contributed by atoms with van der Waals surface area (Å²) in [5.74, 6) is 0.682. The Hall–Kier alpha value is -0.0800. The van der Waals surface area contributed by atoms with Crippen LogP contribution in [-0.2, 0) is 4.74 Å². The van der Waals surface area contributed by atoms with E-state index >= 15 is 0 Å². The summed E-state index contributed by atoms with van der Waals surface area (Å²) < 4.78 is 5.87. The molecular weight excluding hydrogens is 212 g/mol. The molecule has 0 heterocycles. The van der Waals surface area contributed by atoms with Gasteiger partial charge in [-0.25, -0.2) is 0 Å². The minimum absolute atomic E-state index is 0.0739. The van der Waals surface area contributed by atoms with Crippen LogP contribution in [0.2, 0.25) is 0 Å². The van der Waals surface area contributed by atoms with Crippen LogP contribution in [0.1, 0.15) is 66.2 Å². The van der Waals surface area contributed by atoms with E-state index in [2.05, 4.69) is 27.7 Å². The van der Waals surface area contributed by atoms with Gasteiger partial charge >= 0.3 is 0 Å². The molecule has 1 aliphatic carbocycles. The zero-order chi connectivity index (χ0) is 12.9. The Morgan fingerprint density at radius 3 is 2.47 bits per heavy atom. The molecule has 0 aliphatic heterocycles. The largest absolute Gasteiger partial charge is 0.390 e. The van der Waals surface area contributed by atoms with E-state index in [9.17, 15) is 5.11 Å². The van der Waals surface area contributed by atoms with Crippen molar-refractivity contribution in [3.8, 4) is 0 Å². The first kappa shape index (κ1) is 15.0. The molecule has 1 fully saturated rings. The van der Waals surface area contributed by atoms with Gasteiger partial charge in [0, 0.05) is 6.61 Å². The lowest BCUT2D eigenvalue weighted by atomic mass is 9.71. The Bertz CT molecular complexity index is 207. The van der Waals surface area contributed by atoms with E-state index in [1.807, 2.05) is 0 Å². The second-order valence-corrected chi connectivity index (χ2v) is 6.56. The maximum atomic E-state index is 9.98. The molecule has 0 aromatic rings. The standard InChI is InChI=1S/C15H30O2/c1-5-6-7-10-17-14-11-12(15(2,3)4)8-9-13(14)16/h12-14,16H,5-11H2,1-4H3. The van der Waals surface area contributed by atoms with Crippen LogP contribution in [0.5, 0.6) is 0 Å². The highest BCUT2D eigenvalue weighted by Crippen LogP contribution is 2.38. The van der Waals surface area contributed by atoms with Gasteiger partial charge in [0.2, 0.25) is 0 Å². The molecule has 1 aliphatic rings. The first-order valence-electron chi connectivity index (χ1n) is 7.24. The average molecular weight is 242 g/mol. The molecule has 3 unspecified atom stereocenters. The summed E-state index contributed by atoms with van der Waals surface area (Å²) in [6.45, 7) is 9.90. The van der Waals surface area contributed by atoms with Crippen LogP contribution in [0, 0.1) is 11.3 Å². The summed E-state index contributed by atoms with van der Waals surface area (Å²) in [4.78, 5) is 0. The molecule has 0 bridgehead atoms. The van der Waals surface area contributed by atoms with Gasteiger partial charge in [-0.3, -0.25) is 0 Å². The molecule has 1 rings (SSSR count). The van der Waals surface area contributed by atoms with E-state index in [4.69, 9.17) is 4.74 Å². The van der Waals surface area contributed by atoms with E-state index in [0.717, 1.165) is 32.3 Å². The molecule has 0 saturated heterocycles. The second-order valence-electron chi connectivity index (χ2n) is 6.56. The van der Waals surface area contributed by atoms with Gasteiger partial charge in [0.25, 0.3) is 0 Å². The number of aliphatic hydroxyl groups is 1. The fraction of sp³-hybridized carbons (Fsp3) is 1.00. The van der Waals surface area contributed by atoms with Crippen molar-refractivity contribution in [3.05, 3.63) is 0 Å². The smallest absolute Gasteiger partial charge is 0.0836 e. The molecule has 3 atom stereocenters. The lowest BCUT2D eigenvalue weighted by Crippen LogP contribution is -2.40. The maximum absolute atomic E-state index is 9.98. The summed E-state index contributed by atoms with van der Waals surface area (Å²) in [5, 5.41) is 9.98. The van der Waals surface area contributed by atoms with Gasteiger partial charge in [-0.05, 0) is 37.0 Å². The summed E-state index contributed by atoms with van der Waals surface area (Å²) in [5.41, 5.74) is 0.338. The highest BCUT2D eigenvalue weighted by molar-refractivity contribution is 4.86. The molecule has 0 radical (unpaired) electrons. The number of aliphatic hydroxyl groups excluding tert-OH is 1. The van der Waals surface area contributed by atoms with Crippen molar-refractivity contribution < 1.29 is 9.84 Å². The molecule has 1 N–H and O–H groups in total. The van der Waals surface area contributed by atoms with Crippen molar-refractivity contribution in [3.63, 3.8) is 0 Å². The number of hydrogen-bond acceptors (Lipinski definition) is 2. The van der Waals surface area contributed by atoms with E-state index in [0.29, 0.717) is 11.3 Å². The van der Waals surface area contributed by atoms with Crippen LogP contribution >= 0.6 is 0 Å². The van der Waals surface area contributed by atoms with Crippen LogP contribution in [0.4, 0.5) is 0 Å². The van der Waals surface area contributed by atoms with Gasteiger partial charge in [0.15, 0.2) is 0 Å². The Morgan fingerprint density at radius 2 is 1.88 bits per heavy atom. The minimum Gasteiger partial charge on any atom is -0.390 e. The van der Waals surface area contributed by atoms with Crippen molar-refractivity contribution >= 4 is 0 Å². The van der Waals surface area contributed by atoms with Crippen molar-refractivity contribution in [2.24, 2.45) is 11.3 Å². The highest BCUT2D eigenvalue weighted by Gasteiger charge is 2.35. The Labute approximate surface area is 107 Å². The summed E-state index contributed by atoms with van der Waals surface area (Å²) in [6.07, 6.45) is 6.48. The van der Waals surface area contributed by atoms with Gasteiger partial charge in [-0.2, -0.15) is 0 Å². The number of hydrogen-bond donors (Lipinski definition) is 1. The van der Waals surface area contributed by atoms with Crippen LogP contribution in [0.15, 0.2) is 0 Å². The molecule has 102 valence electrons. The van der Waals surface area contributed by atoms with Crippen LogP contribution < -0.4 is 0 Å². The van der Waals surface area contributed by atoms with Gasteiger partial charge in [-0.1, -0.05) is 40.5 Å². The summed E-state index contributed by atoms with van der Waals surface area (Å²) in [7, 11) is 0. The van der Waals surface area contributed by atoms with Crippen molar-refractivity contribution in [2.75, 3.05) is 6.61 Å². The highest BCUT2D eigenvalue weighted by atomic mass is 16.5. The van der Waals surface area contributed by atoms with E-state index in [-0.39, 0.29) is 12.2 Å². The normalized spacial score (nSPS) is 30.5. The van der Waals surface area contributed by atoms with Gasteiger partial charge in [0.1, 0.15) is 0 Å². The molecule has 0 aromatic carbocycles. The zero-order valence-electron chi connectivity index (χ0n) is 12.0. The molecular formula is C15H30O2. The molecule has 0 amide bonds. The van der Waals surface area contributed by atoms with Crippen LogP contribution in [0.3, 0.4) is 0 Å². The number of unbranched alkanes of at least 4 members (excludes halogenated alkanes) is 2. The van der Waals surface area contributed by atoms with Crippen molar-refractivity contribution in [1.82, 2.24) is 0 Å². The van der Waals surface area contributed by atoms with Crippen LogP contribution in [-0.4, -0.2) is 23.9 Å². The topological polar surface area (TPSA) is 29.5 Å². The zero-order valence-corrected chi connectivity index (χ0v) is 12.0. The first-order valence-corrected chi connectivity index (χ1v) is 7.24. The molecule has 17 heavy (non-hydrogen) atoms. The maximum Gasteiger partial charge on any atom is 0.0836 e. The number of rotatable bonds is 5. The monoisotopic (exact) mass is 242 g/mol. The third-order valence-electron chi connectivity index (χ3n) is 4.06. The lowest BCUT2D eigenvalue weighted by Gasteiger charge is -2.39. The predicted molar refractivity (Wildman–Crippen MR) is 72.1 cm³/mol. The number of ether oxygens (including phenoxy) is 1. The van der Waals surface area contributed by atoms with Gasteiger partial charge < -0.3 is 9.84 Å². The molecule has 0 spiro atoms.